The van der Waals surface area contributed by atoms with Crippen LogP contribution >= 0.6 is 24.0 Å². The Balaban J connectivity index is 0.00000280. The third-order valence-corrected chi connectivity index (χ3v) is 5.01. The number of halogens is 1. The van der Waals surface area contributed by atoms with Crippen LogP contribution in [0.2, 0.25) is 0 Å². The summed E-state index contributed by atoms with van der Waals surface area (Å²) >= 11 is 0. The highest BCUT2D eigenvalue weighted by molar-refractivity contribution is 14.0. The zero-order valence-corrected chi connectivity index (χ0v) is 19.1. The van der Waals surface area contributed by atoms with Crippen LogP contribution in [-0.2, 0) is 11.3 Å². The molecule has 1 N–H and O–H groups in total. The van der Waals surface area contributed by atoms with Crippen LogP contribution < -0.4 is 10.2 Å². The lowest BCUT2D eigenvalue weighted by atomic mass is 10.2. The van der Waals surface area contributed by atoms with Gasteiger partial charge in [0, 0.05) is 59.1 Å². The molecule has 0 spiro atoms. The number of nitrogens with one attached hydrogen (secondary N) is 1. The van der Waals surface area contributed by atoms with E-state index in [-0.39, 0.29) is 30.1 Å². The fraction of sp³-hybridized carbons (Fsp3) is 0.632. The maximum absolute atomic E-state index is 11.8. The number of amides is 1. The quantitative estimate of drug-likeness (QED) is 0.387. The molecule has 28 heavy (non-hydrogen) atoms. The number of carbonyl (C=O) groups excluding carboxylic acids is 1. The highest BCUT2D eigenvalue weighted by Crippen LogP contribution is 2.17. The predicted molar refractivity (Wildman–Crippen MR) is 121 cm³/mol. The van der Waals surface area contributed by atoms with Crippen molar-refractivity contribution in [3.05, 3.63) is 23.9 Å². The van der Waals surface area contributed by atoms with Crippen LogP contribution in [0.4, 0.5) is 10.6 Å². The number of guanidine groups is 1. The van der Waals surface area contributed by atoms with Gasteiger partial charge in [-0.2, -0.15) is 0 Å². The highest BCUT2D eigenvalue weighted by atomic mass is 127. The minimum atomic E-state index is -0.232. The van der Waals surface area contributed by atoms with E-state index in [2.05, 4.69) is 37.2 Å². The fourth-order valence-corrected chi connectivity index (χ4v) is 3.48. The molecule has 1 aromatic rings. The molecule has 3 heterocycles. The Hall–Kier alpha value is -1.78. The van der Waals surface area contributed by atoms with Gasteiger partial charge in [-0.3, -0.25) is 4.99 Å². The van der Waals surface area contributed by atoms with Gasteiger partial charge in [0.2, 0.25) is 0 Å². The van der Waals surface area contributed by atoms with E-state index in [0.29, 0.717) is 26.2 Å². The summed E-state index contributed by atoms with van der Waals surface area (Å²) in [6.07, 6.45) is 4.21. The standard InChI is InChI=1S/C19H30N6O2.HI/c1-3-27-19(26)25-12-10-24(11-13-25)18(20-2)22-15-16-6-7-17(21-14-16)23-8-4-5-9-23;/h6-7,14H,3-5,8-13,15H2,1-2H3,(H,20,22);1H. The fourth-order valence-electron chi connectivity index (χ4n) is 3.48. The second kappa shape index (κ2) is 11.3. The van der Waals surface area contributed by atoms with Crippen molar-refractivity contribution in [2.24, 2.45) is 4.99 Å². The maximum Gasteiger partial charge on any atom is 0.409 e. The number of aliphatic imine (C=N–C) groups is 1. The van der Waals surface area contributed by atoms with Crippen molar-refractivity contribution < 1.29 is 9.53 Å². The molecule has 1 aromatic heterocycles. The number of rotatable bonds is 4. The van der Waals surface area contributed by atoms with Gasteiger partial charge in [0.15, 0.2) is 5.96 Å². The second-order valence-electron chi connectivity index (χ2n) is 6.79. The number of piperazine rings is 1. The molecule has 8 nitrogen and oxygen atoms in total. The van der Waals surface area contributed by atoms with E-state index in [9.17, 15) is 4.79 Å². The maximum atomic E-state index is 11.8. The van der Waals surface area contributed by atoms with E-state index in [1.54, 1.807) is 11.9 Å². The van der Waals surface area contributed by atoms with E-state index >= 15 is 0 Å². The Kier molecular flexibility index (Phi) is 9.07. The van der Waals surface area contributed by atoms with Gasteiger partial charge in [0.25, 0.3) is 0 Å². The number of pyridine rings is 1. The Labute approximate surface area is 184 Å². The van der Waals surface area contributed by atoms with E-state index < -0.39 is 0 Å². The molecule has 2 aliphatic rings. The second-order valence-corrected chi connectivity index (χ2v) is 6.79. The van der Waals surface area contributed by atoms with Crippen molar-refractivity contribution in [2.75, 3.05) is 57.8 Å². The van der Waals surface area contributed by atoms with E-state index in [1.165, 1.54) is 12.8 Å². The van der Waals surface area contributed by atoms with Crippen molar-refractivity contribution in [2.45, 2.75) is 26.3 Å². The molecule has 0 atom stereocenters. The van der Waals surface area contributed by atoms with Gasteiger partial charge >= 0.3 is 6.09 Å². The summed E-state index contributed by atoms with van der Waals surface area (Å²) in [5.41, 5.74) is 1.13. The van der Waals surface area contributed by atoms with Gasteiger partial charge in [-0.1, -0.05) is 6.07 Å². The summed E-state index contributed by atoms with van der Waals surface area (Å²) in [6.45, 7) is 7.90. The summed E-state index contributed by atoms with van der Waals surface area (Å²) in [6, 6.07) is 4.23. The molecule has 0 radical (unpaired) electrons. The Morgan fingerprint density at radius 3 is 2.39 bits per heavy atom. The summed E-state index contributed by atoms with van der Waals surface area (Å²) in [7, 11) is 1.79. The molecular formula is C19H31IN6O2. The predicted octanol–water partition coefficient (Wildman–Crippen LogP) is 2.15. The van der Waals surface area contributed by atoms with Crippen LogP contribution in [0.15, 0.2) is 23.3 Å². The lowest BCUT2D eigenvalue weighted by Crippen LogP contribution is -2.53. The Morgan fingerprint density at radius 2 is 1.82 bits per heavy atom. The molecule has 2 saturated heterocycles. The first kappa shape index (κ1) is 22.5. The van der Waals surface area contributed by atoms with Gasteiger partial charge in [0.05, 0.1) is 6.61 Å². The molecule has 0 aliphatic carbocycles. The molecule has 2 fully saturated rings. The highest BCUT2D eigenvalue weighted by Gasteiger charge is 2.23. The lowest BCUT2D eigenvalue weighted by Gasteiger charge is -2.35. The van der Waals surface area contributed by atoms with E-state index in [4.69, 9.17) is 4.74 Å². The number of hydrogen-bond acceptors (Lipinski definition) is 5. The van der Waals surface area contributed by atoms with Crippen molar-refractivity contribution in [1.29, 1.82) is 0 Å². The topological polar surface area (TPSA) is 73.3 Å². The summed E-state index contributed by atoms with van der Waals surface area (Å²) in [5.74, 6) is 1.91. The zero-order chi connectivity index (χ0) is 19.1. The lowest BCUT2D eigenvalue weighted by molar-refractivity contribution is 0.0914. The first-order valence-electron chi connectivity index (χ1n) is 9.78. The van der Waals surface area contributed by atoms with Crippen molar-refractivity contribution in [3.63, 3.8) is 0 Å². The van der Waals surface area contributed by atoms with Gasteiger partial charge < -0.3 is 24.8 Å². The number of anilines is 1. The number of ether oxygens (including phenoxy) is 1. The van der Waals surface area contributed by atoms with Crippen LogP contribution in [0, 0.1) is 0 Å². The average Bonchev–Trinajstić information content (AvgIpc) is 3.24. The molecular weight excluding hydrogens is 471 g/mol. The molecule has 0 saturated carbocycles. The monoisotopic (exact) mass is 502 g/mol. The molecule has 9 heteroatoms. The Morgan fingerprint density at radius 1 is 1.14 bits per heavy atom. The number of aromatic nitrogens is 1. The molecule has 0 aromatic carbocycles. The van der Waals surface area contributed by atoms with Crippen LogP contribution in [0.5, 0.6) is 0 Å². The smallest absolute Gasteiger partial charge is 0.409 e. The first-order chi connectivity index (χ1) is 13.2. The van der Waals surface area contributed by atoms with Crippen LogP contribution in [0.3, 0.4) is 0 Å². The van der Waals surface area contributed by atoms with Gasteiger partial charge in [-0.15, -0.1) is 24.0 Å². The van der Waals surface area contributed by atoms with E-state index in [1.807, 2.05) is 13.1 Å². The largest absolute Gasteiger partial charge is 0.450 e. The summed E-state index contributed by atoms with van der Waals surface area (Å²) in [4.78, 5) is 27.0. The zero-order valence-electron chi connectivity index (χ0n) is 16.8. The normalized spacial score (nSPS) is 17.4. The SMILES string of the molecule is CCOC(=O)N1CCN(C(=NC)NCc2ccc(N3CCCC3)nc2)CC1.I. The number of hydrogen-bond donors (Lipinski definition) is 1. The van der Waals surface area contributed by atoms with E-state index in [0.717, 1.165) is 43.5 Å². The first-order valence-corrected chi connectivity index (χ1v) is 9.78. The van der Waals surface area contributed by atoms with Gasteiger partial charge in [-0.05, 0) is 31.4 Å². The number of nitrogens with zero attached hydrogens (tertiary/aromatic N) is 5. The number of carbonyl (C=O) groups is 1. The molecule has 3 rings (SSSR count). The third-order valence-electron chi connectivity index (χ3n) is 5.01. The Bertz CT molecular complexity index is 640. The average molecular weight is 502 g/mol. The summed E-state index contributed by atoms with van der Waals surface area (Å²) < 4.78 is 5.07. The van der Waals surface area contributed by atoms with Crippen molar-refractivity contribution in [1.82, 2.24) is 20.1 Å². The minimum absolute atomic E-state index is 0. The van der Waals surface area contributed by atoms with Crippen LogP contribution in [0.25, 0.3) is 0 Å². The molecule has 0 bridgehead atoms. The van der Waals surface area contributed by atoms with Crippen LogP contribution in [-0.4, -0.2) is 79.8 Å². The molecule has 156 valence electrons. The van der Waals surface area contributed by atoms with Gasteiger partial charge in [-0.25, -0.2) is 9.78 Å². The summed E-state index contributed by atoms with van der Waals surface area (Å²) in [5, 5.41) is 3.40. The van der Waals surface area contributed by atoms with Gasteiger partial charge in [0.1, 0.15) is 5.82 Å². The van der Waals surface area contributed by atoms with Crippen molar-refractivity contribution >= 4 is 41.8 Å². The molecule has 0 unspecified atom stereocenters. The molecule has 2 aliphatic heterocycles. The van der Waals surface area contributed by atoms with Crippen molar-refractivity contribution in [3.8, 4) is 0 Å². The minimum Gasteiger partial charge on any atom is -0.450 e. The molecule has 1 amide bonds. The van der Waals surface area contributed by atoms with Crippen LogP contribution in [0.1, 0.15) is 25.3 Å². The third kappa shape index (κ3) is 5.86.